The number of esters is 1. The molecule has 5 atom stereocenters. The Balaban J connectivity index is 1.73. The first kappa shape index (κ1) is 28.9. The van der Waals surface area contributed by atoms with Gasteiger partial charge in [-0.2, -0.15) is 0 Å². The Bertz CT molecular complexity index is 1420. The lowest BCUT2D eigenvalue weighted by atomic mass is 9.79. The summed E-state index contributed by atoms with van der Waals surface area (Å²) in [5.74, 6) is 1.25. The van der Waals surface area contributed by atoms with Gasteiger partial charge in [-0.05, 0) is 62.8 Å². The maximum absolute atomic E-state index is 12.4. The van der Waals surface area contributed by atoms with Gasteiger partial charge in [0.15, 0.2) is 0 Å². The predicted molar refractivity (Wildman–Crippen MR) is 155 cm³/mol. The first-order chi connectivity index (χ1) is 18.2. The van der Waals surface area contributed by atoms with E-state index in [4.69, 9.17) is 20.2 Å². The molecule has 3 aromatic heterocycles. The minimum atomic E-state index is -0.935. The summed E-state index contributed by atoms with van der Waals surface area (Å²) in [4.78, 5) is 26.5. The van der Waals surface area contributed by atoms with Crippen LogP contribution in [0.15, 0.2) is 30.6 Å². The molecule has 3 aromatic rings. The molecular formula is C29H39N5O4S. The van der Waals surface area contributed by atoms with Crippen molar-refractivity contribution in [3.63, 3.8) is 0 Å². The van der Waals surface area contributed by atoms with Crippen molar-refractivity contribution in [2.24, 2.45) is 5.73 Å². The van der Waals surface area contributed by atoms with Crippen LogP contribution < -0.4 is 15.8 Å². The molecule has 0 fully saturated rings. The number of nitrogens with one attached hydrogen (secondary N) is 1. The summed E-state index contributed by atoms with van der Waals surface area (Å²) in [7, 11) is -0.935. The van der Waals surface area contributed by atoms with Crippen LogP contribution in [-0.2, 0) is 26.5 Å². The van der Waals surface area contributed by atoms with E-state index in [1.54, 1.807) is 30.8 Å². The topological polar surface area (TPSA) is 129 Å². The SMILES string of the molecule is CC[C@@](C)(N)c1cnc(O[C@H](C)CC(C)S(C)=O)c2cnc(Nc3ccc4c(n3)C(C)(C)C(C)OC4=O)cc12. The summed E-state index contributed by atoms with van der Waals surface area (Å²) >= 11 is 0. The minimum Gasteiger partial charge on any atom is -0.474 e. The fraction of sp³-hybridized carbons (Fsp3) is 0.517. The Hall–Kier alpha value is -3.11. The average Bonchev–Trinajstić information content (AvgIpc) is 2.87. The summed E-state index contributed by atoms with van der Waals surface area (Å²) in [5.41, 5.74) is 7.66. The number of anilines is 2. The highest BCUT2D eigenvalue weighted by atomic mass is 32.2. The molecule has 0 bridgehead atoms. The third kappa shape index (κ3) is 5.77. The van der Waals surface area contributed by atoms with Gasteiger partial charge in [-0.3, -0.25) is 4.21 Å². The Labute approximate surface area is 232 Å². The number of aromatic nitrogens is 3. The summed E-state index contributed by atoms with van der Waals surface area (Å²) in [5, 5.41) is 4.93. The summed E-state index contributed by atoms with van der Waals surface area (Å²) < 4.78 is 23.6. The molecule has 0 radical (unpaired) electrons. The van der Waals surface area contributed by atoms with Crippen molar-refractivity contribution in [1.82, 2.24) is 15.0 Å². The molecule has 0 spiro atoms. The highest BCUT2D eigenvalue weighted by Crippen LogP contribution is 2.37. The van der Waals surface area contributed by atoms with Gasteiger partial charge in [0.05, 0.1) is 22.7 Å². The third-order valence-electron chi connectivity index (χ3n) is 7.91. The molecule has 1 aliphatic heterocycles. The van der Waals surface area contributed by atoms with Crippen LogP contribution in [0.2, 0.25) is 0 Å². The van der Waals surface area contributed by atoms with Gasteiger partial charge in [-0.25, -0.2) is 19.7 Å². The number of rotatable bonds is 9. The van der Waals surface area contributed by atoms with Crippen molar-refractivity contribution in [2.75, 3.05) is 11.6 Å². The van der Waals surface area contributed by atoms with E-state index in [2.05, 4.69) is 15.3 Å². The minimum absolute atomic E-state index is 0.00540. The standard InChI is InChI=1S/C29H39N5O4S/c1-9-29(7,30)22-15-32-26(37-16(2)12-17(3)39(8)36)21-14-31-24(13-20(21)22)33-23-11-10-19-25(34-23)28(5,6)18(4)38-27(19)35/h10-11,13-18H,9,12,30H2,1-8H3,(H,31,33,34)/t16-,17?,18?,29-,39?/m1/s1. The Morgan fingerprint density at radius 2 is 1.92 bits per heavy atom. The second-order valence-corrected chi connectivity index (χ2v) is 13.1. The number of hydrogen-bond donors (Lipinski definition) is 2. The monoisotopic (exact) mass is 553 g/mol. The predicted octanol–water partition coefficient (Wildman–Crippen LogP) is 5.11. The van der Waals surface area contributed by atoms with Crippen molar-refractivity contribution in [3.8, 4) is 5.88 Å². The number of pyridine rings is 3. The quantitative estimate of drug-likeness (QED) is 0.347. The van der Waals surface area contributed by atoms with Crippen molar-refractivity contribution in [1.29, 1.82) is 0 Å². The zero-order chi connectivity index (χ0) is 28.7. The van der Waals surface area contributed by atoms with Crippen LogP contribution in [0.4, 0.5) is 11.6 Å². The number of fused-ring (bicyclic) bond motifs is 2. The van der Waals surface area contributed by atoms with E-state index in [1.165, 1.54) is 0 Å². The van der Waals surface area contributed by atoms with Gasteiger partial charge >= 0.3 is 5.97 Å². The Kier molecular flexibility index (Phi) is 8.01. The summed E-state index contributed by atoms with van der Waals surface area (Å²) in [6.07, 6.45) is 6.06. The van der Waals surface area contributed by atoms with Gasteiger partial charge in [0.2, 0.25) is 5.88 Å². The lowest BCUT2D eigenvalue weighted by molar-refractivity contribution is 0.00864. The molecular weight excluding hydrogens is 514 g/mol. The van der Waals surface area contributed by atoms with E-state index in [-0.39, 0.29) is 23.4 Å². The normalized spacial score (nSPS) is 20.3. The molecule has 0 aliphatic carbocycles. The molecule has 10 heteroatoms. The van der Waals surface area contributed by atoms with Gasteiger partial charge in [0.1, 0.15) is 17.7 Å². The van der Waals surface area contributed by atoms with Crippen LogP contribution in [0.25, 0.3) is 10.8 Å². The molecule has 1 aliphatic rings. The zero-order valence-electron chi connectivity index (χ0n) is 24.0. The molecule has 3 unspecified atom stereocenters. The number of ether oxygens (including phenoxy) is 2. The van der Waals surface area contributed by atoms with Gasteiger partial charge in [-0.1, -0.05) is 27.7 Å². The fourth-order valence-corrected chi connectivity index (χ4v) is 5.18. The number of carbonyl (C=O) groups is 1. The van der Waals surface area contributed by atoms with Crippen LogP contribution in [-0.4, -0.2) is 48.8 Å². The molecule has 3 N–H and O–H groups in total. The van der Waals surface area contributed by atoms with E-state index in [0.717, 1.165) is 16.3 Å². The van der Waals surface area contributed by atoms with Crippen LogP contribution in [0, 0.1) is 0 Å². The number of carbonyl (C=O) groups excluding carboxylic acids is 1. The van der Waals surface area contributed by atoms with E-state index in [1.807, 2.05) is 54.5 Å². The molecule has 39 heavy (non-hydrogen) atoms. The molecule has 210 valence electrons. The first-order valence-corrected chi connectivity index (χ1v) is 14.9. The van der Waals surface area contributed by atoms with Crippen molar-refractivity contribution < 1.29 is 18.5 Å². The molecule has 0 saturated carbocycles. The highest BCUT2D eigenvalue weighted by molar-refractivity contribution is 7.84. The lowest BCUT2D eigenvalue weighted by Gasteiger charge is -2.36. The van der Waals surface area contributed by atoms with Crippen molar-refractivity contribution in [3.05, 3.63) is 47.4 Å². The van der Waals surface area contributed by atoms with E-state index < -0.39 is 21.8 Å². The second-order valence-electron chi connectivity index (χ2n) is 11.3. The van der Waals surface area contributed by atoms with Gasteiger partial charge in [0, 0.05) is 45.7 Å². The fourth-order valence-electron chi connectivity index (χ4n) is 4.64. The van der Waals surface area contributed by atoms with Crippen LogP contribution in [0.3, 0.4) is 0 Å². The van der Waals surface area contributed by atoms with Gasteiger partial charge in [-0.15, -0.1) is 0 Å². The molecule has 9 nitrogen and oxygen atoms in total. The Morgan fingerprint density at radius 3 is 2.59 bits per heavy atom. The summed E-state index contributed by atoms with van der Waals surface area (Å²) in [6.45, 7) is 13.8. The number of nitrogens with two attached hydrogens (primary N) is 1. The van der Waals surface area contributed by atoms with Crippen LogP contribution >= 0.6 is 0 Å². The maximum atomic E-state index is 12.4. The van der Waals surface area contributed by atoms with Crippen molar-refractivity contribution in [2.45, 2.75) is 89.7 Å². The zero-order valence-corrected chi connectivity index (χ0v) is 24.8. The van der Waals surface area contributed by atoms with E-state index >= 15 is 0 Å². The number of hydrogen-bond acceptors (Lipinski definition) is 9. The van der Waals surface area contributed by atoms with Crippen LogP contribution in [0.1, 0.15) is 82.9 Å². The molecule has 0 saturated heterocycles. The van der Waals surface area contributed by atoms with Gasteiger partial charge in [0.25, 0.3) is 0 Å². The smallest absolute Gasteiger partial charge is 0.340 e. The number of cyclic esters (lactones) is 1. The van der Waals surface area contributed by atoms with Crippen LogP contribution in [0.5, 0.6) is 5.88 Å². The first-order valence-electron chi connectivity index (χ1n) is 13.3. The largest absolute Gasteiger partial charge is 0.474 e. The average molecular weight is 554 g/mol. The molecule has 0 amide bonds. The van der Waals surface area contributed by atoms with Gasteiger partial charge < -0.3 is 20.5 Å². The highest BCUT2D eigenvalue weighted by Gasteiger charge is 2.41. The number of nitrogens with zero attached hydrogens (tertiary/aromatic N) is 3. The summed E-state index contributed by atoms with van der Waals surface area (Å²) in [6, 6.07) is 5.42. The molecule has 4 heterocycles. The van der Waals surface area contributed by atoms with E-state index in [0.29, 0.717) is 41.6 Å². The molecule has 4 rings (SSSR count). The third-order valence-corrected chi connectivity index (χ3v) is 9.24. The van der Waals surface area contributed by atoms with E-state index in [9.17, 15) is 9.00 Å². The Morgan fingerprint density at radius 1 is 1.21 bits per heavy atom. The molecule has 0 aromatic carbocycles. The second kappa shape index (κ2) is 10.8. The maximum Gasteiger partial charge on any atom is 0.340 e. The lowest BCUT2D eigenvalue weighted by Crippen LogP contribution is -2.42. The van der Waals surface area contributed by atoms with Crippen molar-refractivity contribution >= 4 is 39.2 Å².